The monoisotopic (exact) mass is 215 g/mol. The van der Waals surface area contributed by atoms with Gasteiger partial charge in [-0.15, -0.1) is 8.98 Å². The fourth-order valence-electron chi connectivity index (χ4n) is 1.23. The van der Waals surface area contributed by atoms with E-state index in [4.69, 9.17) is 0 Å². The summed E-state index contributed by atoms with van der Waals surface area (Å²) in [5.41, 5.74) is 0.529. The topological polar surface area (TPSA) is 64.8 Å². The first-order valence-corrected chi connectivity index (χ1v) is 5.11. The SMILES string of the molecule is Cn1nnc2c(S(=O)(=O)F)cccc21. The van der Waals surface area contributed by atoms with Gasteiger partial charge in [0, 0.05) is 7.05 Å². The third-order valence-electron chi connectivity index (χ3n) is 1.87. The average Bonchev–Trinajstić information content (AvgIpc) is 2.46. The average molecular weight is 215 g/mol. The molecule has 0 spiro atoms. The second-order valence-electron chi connectivity index (χ2n) is 2.77. The molecule has 0 atom stereocenters. The number of fused-ring (bicyclic) bond motifs is 1. The lowest BCUT2D eigenvalue weighted by atomic mass is 10.3. The van der Waals surface area contributed by atoms with Gasteiger partial charge < -0.3 is 0 Å². The number of hydrogen-bond donors (Lipinski definition) is 0. The minimum Gasteiger partial charge on any atom is -0.248 e. The third-order valence-corrected chi connectivity index (χ3v) is 2.72. The lowest BCUT2D eigenvalue weighted by molar-refractivity contribution is 0.553. The van der Waals surface area contributed by atoms with E-state index in [0.717, 1.165) is 6.07 Å². The number of aromatic nitrogens is 3. The third kappa shape index (κ3) is 1.25. The zero-order chi connectivity index (χ0) is 10.3. The van der Waals surface area contributed by atoms with E-state index in [9.17, 15) is 12.3 Å². The summed E-state index contributed by atoms with van der Waals surface area (Å²) in [7, 11) is -3.13. The van der Waals surface area contributed by atoms with Gasteiger partial charge in [0.15, 0.2) is 0 Å². The maximum absolute atomic E-state index is 12.8. The minimum absolute atomic E-state index is 0.0532. The molecule has 0 bridgehead atoms. The summed E-state index contributed by atoms with van der Waals surface area (Å²) in [6, 6.07) is 4.22. The zero-order valence-corrected chi connectivity index (χ0v) is 7.99. The molecule has 0 amide bonds. The van der Waals surface area contributed by atoms with Gasteiger partial charge in [0.25, 0.3) is 0 Å². The van der Waals surface area contributed by atoms with Crippen LogP contribution in [0.15, 0.2) is 23.1 Å². The van der Waals surface area contributed by atoms with Gasteiger partial charge in [-0.05, 0) is 12.1 Å². The highest BCUT2D eigenvalue weighted by Crippen LogP contribution is 2.21. The summed E-state index contributed by atoms with van der Waals surface area (Å²) >= 11 is 0. The number of halogens is 1. The van der Waals surface area contributed by atoms with E-state index in [1.807, 2.05) is 0 Å². The van der Waals surface area contributed by atoms with Crippen molar-refractivity contribution >= 4 is 21.3 Å². The highest BCUT2D eigenvalue weighted by Gasteiger charge is 2.18. The second kappa shape index (κ2) is 2.74. The highest BCUT2D eigenvalue weighted by atomic mass is 32.3. The molecule has 0 saturated carbocycles. The van der Waals surface area contributed by atoms with Crippen molar-refractivity contribution in [3.8, 4) is 0 Å². The van der Waals surface area contributed by atoms with Gasteiger partial charge in [-0.3, -0.25) is 0 Å². The van der Waals surface area contributed by atoms with Crippen molar-refractivity contribution in [2.45, 2.75) is 4.90 Å². The Kier molecular flexibility index (Phi) is 1.78. The lowest BCUT2D eigenvalue weighted by Gasteiger charge is -1.95. The summed E-state index contributed by atoms with van der Waals surface area (Å²) < 4.78 is 35.6. The Morgan fingerprint density at radius 2 is 2.14 bits per heavy atom. The van der Waals surface area contributed by atoms with E-state index in [0.29, 0.717) is 5.52 Å². The fraction of sp³-hybridized carbons (Fsp3) is 0.143. The standard InChI is InChI=1S/C7H6FN3O2S/c1-11-5-3-2-4-6(14(8,12)13)7(5)9-10-11/h2-4H,1H3. The second-order valence-corrected chi connectivity index (χ2v) is 4.09. The van der Waals surface area contributed by atoms with Gasteiger partial charge in [0.05, 0.1) is 5.52 Å². The first-order chi connectivity index (χ1) is 6.50. The van der Waals surface area contributed by atoms with E-state index < -0.39 is 15.1 Å². The van der Waals surface area contributed by atoms with Gasteiger partial charge in [0.2, 0.25) is 0 Å². The normalized spacial score (nSPS) is 12.1. The quantitative estimate of drug-likeness (QED) is 0.654. The van der Waals surface area contributed by atoms with Crippen molar-refractivity contribution in [3.05, 3.63) is 18.2 Å². The van der Waals surface area contributed by atoms with Crippen molar-refractivity contribution in [2.75, 3.05) is 0 Å². The van der Waals surface area contributed by atoms with Crippen LogP contribution in [0.25, 0.3) is 11.0 Å². The number of nitrogens with zero attached hydrogens (tertiary/aromatic N) is 3. The first kappa shape index (κ1) is 9.07. The molecular weight excluding hydrogens is 209 g/mol. The fourth-order valence-corrected chi connectivity index (χ4v) is 1.85. The molecule has 0 N–H and O–H groups in total. The van der Waals surface area contributed by atoms with Crippen molar-refractivity contribution < 1.29 is 12.3 Å². The smallest absolute Gasteiger partial charge is 0.248 e. The number of aryl methyl sites for hydroxylation is 1. The molecule has 74 valence electrons. The Hall–Kier alpha value is -1.50. The summed E-state index contributed by atoms with van der Waals surface area (Å²) in [5, 5.41) is 7.18. The lowest BCUT2D eigenvalue weighted by Crippen LogP contribution is -1.93. The Morgan fingerprint density at radius 1 is 1.43 bits per heavy atom. The summed E-state index contributed by atoms with van der Waals surface area (Å²) in [4.78, 5) is -0.442. The molecule has 7 heteroatoms. The molecule has 14 heavy (non-hydrogen) atoms. The van der Waals surface area contributed by atoms with Crippen LogP contribution in [0.3, 0.4) is 0 Å². The Morgan fingerprint density at radius 3 is 2.79 bits per heavy atom. The maximum atomic E-state index is 12.8. The molecule has 0 aliphatic rings. The number of hydrogen-bond acceptors (Lipinski definition) is 4. The van der Waals surface area contributed by atoms with Crippen LogP contribution in [0.1, 0.15) is 0 Å². The highest BCUT2D eigenvalue weighted by molar-refractivity contribution is 7.86. The van der Waals surface area contributed by atoms with Gasteiger partial charge in [-0.25, -0.2) is 4.68 Å². The predicted octanol–water partition coefficient (Wildman–Crippen LogP) is 0.627. The molecule has 2 aromatic rings. The molecule has 0 unspecified atom stereocenters. The Labute approximate surface area is 79.4 Å². The molecule has 0 radical (unpaired) electrons. The Bertz CT molecular complexity index is 590. The van der Waals surface area contributed by atoms with Crippen molar-refractivity contribution in [3.63, 3.8) is 0 Å². The molecule has 1 heterocycles. The minimum atomic E-state index is -4.73. The summed E-state index contributed by atoms with van der Waals surface area (Å²) in [6.45, 7) is 0. The summed E-state index contributed by atoms with van der Waals surface area (Å²) in [5.74, 6) is 0. The Balaban J connectivity index is 2.92. The maximum Gasteiger partial charge on any atom is 0.334 e. The predicted molar refractivity (Wildman–Crippen MR) is 46.8 cm³/mol. The van der Waals surface area contributed by atoms with Crippen LogP contribution in [0, 0.1) is 0 Å². The van der Waals surface area contributed by atoms with Gasteiger partial charge in [0.1, 0.15) is 10.4 Å². The van der Waals surface area contributed by atoms with E-state index in [2.05, 4.69) is 10.3 Å². The van der Waals surface area contributed by atoms with Crippen LogP contribution in [0.4, 0.5) is 3.89 Å². The van der Waals surface area contributed by atoms with Crippen molar-refractivity contribution in [2.24, 2.45) is 7.05 Å². The molecular formula is C7H6FN3O2S. The van der Waals surface area contributed by atoms with Crippen molar-refractivity contribution in [1.82, 2.24) is 15.0 Å². The van der Waals surface area contributed by atoms with Crippen LogP contribution in [0.2, 0.25) is 0 Å². The van der Waals surface area contributed by atoms with Crippen LogP contribution in [0.5, 0.6) is 0 Å². The van der Waals surface area contributed by atoms with E-state index in [1.54, 1.807) is 13.1 Å². The molecule has 0 aliphatic carbocycles. The zero-order valence-electron chi connectivity index (χ0n) is 7.18. The number of benzene rings is 1. The molecule has 5 nitrogen and oxygen atoms in total. The van der Waals surface area contributed by atoms with Crippen LogP contribution in [-0.2, 0) is 17.3 Å². The molecule has 1 aromatic heterocycles. The molecule has 0 aliphatic heterocycles. The molecule has 0 saturated heterocycles. The largest absolute Gasteiger partial charge is 0.334 e. The van der Waals surface area contributed by atoms with Crippen LogP contribution >= 0.6 is 0 Å². The van der Waals surface area contributed by atoms with Crippen LogP contribution < -0.4 is 0 Å². The summed E-state index contributed by atoms with van der Waals surface area (Å²) in [6.07, 6.45) is 0. The van der Waals surface area contributed by atoms with E-state index in [-0.39, 0.29) is 5.52 Å². The first-order valence-electron chi connectivity index (χ1n) is 3.73. The van der Waals surface area contributed by atoms with E-state index >= 15 is 0 Å². The van der Waals surface area contributed by atoms with Gasteiger partial charge >= 0.3 is 10.2 Å². The molecule has 2 rings (SSSR count). The molecule has 0 fully saturated rings. The van der Waals surface area contributed by atoms with Gasteiger partial charge in [-0.2, -0.15) is 8.42 Å². The van der Waals surface area contributed by atoms with E-state index in [1.165, 1.54) is 10.7 Å². The van der Waals surface area contributed by atoms with Crippen LogP contribution in [-0.4, -0.2) is 23.4 Å². The molecule has 1 aromatic carbocycles. The number of rotatable bonds is 1. The van der Waals surface area contributed by atoms with Gasteiger partial charge in [-0.1, -0.05) is 11.3 Å². The van der Waals surface area contributed by atoms with Crippen molar-refractivity contribution in [1.29, 1.82) is 0 Å².